The van der Waals surface area contributed by atoms with Gasteiger partial charge in [-0.3, -0.25) is 0 Å². The summed E-state index contributed by atoms with van der Waals surface area (Å²) >= 11 is 1.44. The van der Waals surface area contributed by atoms with Crippen molar-refractivity contribution in [2.24, 2.45) is 7.05 Å². The minimum absolute atomic E-state index is 0.0523. The SMILES string of the molecule is Cc1sc(C2CCCN2c2nnnn2C)nc1C(=O)O. The molecule has 1 aliphatic rings. The van der Waals surface area contributed by atoms with Crippen LogP contribution in [-0.2, 0) is 7.05 Å². The number of thiazole rings is 1. The number of anilines is 1. The molecule has 106 valence electrons. The standard InChI is InChI=1S/C11H14N6O2S/c1-6-8(10(18)19)12-9(20-6)7-4-3-5-17(7)11-13-14-15-16(11)2/h7H,3-5H2,1-2H3,(H,18,19). The van der Waals surface area contributed by atoms with Crippen molar-refractivity contribution in [1.29, 1.82) is 0 Å². The number of aryl methyl sites for hydroxylation is 2. The molecule has 1 fully saturated rings. The molecular formula is C11H14N6O2S. The summed E-state index contributed by atoms with van der Waals surface area (Å²) in [5.74, 6) is -0.285. The lowest BCUT2D eigenvalue weighted by atomic mass is 10.2. The van der Waals surface area contributed by atoms with Gasteiger partial charge in [-0.05, 0) is 30.2 Å². The van der Waals surface area contributed by atoms with Crippen molar-refractivity contribution in [3.05, 3.63) is 15.6 Å². The molecule has 0 aromatic carbocycles. The van der Waals surface area contributed by atoms with Crippen LogP contribution in [0.4, 0.5) is 5.95 Å². The van der Waals surface area contributed by atoms with Crippen LogP contribution in [0.5, 0.6) is 0 Å². The summed E-state index contributed by atoms with van der Waals surface area (Å²) in [6.45, 7) is 2.63. The Morgan fingerprint density at radius 2 is 2.30 bits per heavy atom. The van der Waals surface area contributed by atoms with E-state index in [9.17, 15) is 4.79 Å². The molecule has 1 saturated heterocycles. The van der Waals surface area contributed by atoms with Crippen molar-refractivity contribution in [1.82, 2.24) is 25.2 Å². The lowest BCUT2D eigenvalue weighted by Gasteiger charge is -2.22. The highest BCUT2D eigenvalue weighted by Crippen LogP contribution is 2.37. The van der Waals surface area contributed by atoms with Gasteiger partial charge in [0.25, 0.3) is 0 Å². The fourth-order valence-corrected chi connectivity index (χ4v) is 3.55. The third kappa shape index (κ3) is 2.03. The van der Waals surface area contributed by atoms with Crippen molar-refractivity contribution in [2.75, 3.05) is 11.4 Å². The predicted octanol–water partition coefficient (Wildman–Crippen LogP) is 1.01. The summed E-state index contributed by atoms with van der Waals surface area (Å²) in [6.07, 6.45) is 1.94. The second-order valence-electron chi connectivity index (χ2n) is 4.72. The molecule has 1 N–H and O–H groups in total. The van der Waals surface area contributed by atoms with Gasteiger partial charge in [0.1, 0.15) is 5.01 Å². The predicted molar refractivity (Wildman–Crippen MR) is 71.9 cm³/mol. The first kappa shape index (κ1) is 13.0. The molecule has 1 unspecified atom stereocenters. The van der Waals surface area contributed by atoms with E-state index in [0.717, 1.165) is 29.3 Å². The lowest BCUT2D eigenvalue weighted by molar-refractivity contribution is 0.0690. The number of carboxylic acid groups (broad SMARTS) is 1. The minimum Gasteiger partial charge on any atom is -0.476 e. The third-order valence-corrected chi connectivity index (χ3v) is 4.48. The summed E-state index contributed by atoms with van der Waals surface area (Å²) < 4.78 is 1.62. The van der Waals surface area contributed by atoms with Gasteiger partial charge in [0.2, 0.25) is 5.95 Å². The van der Waals surface area contributed by atoms with Gasteiger partial charge in [-0.25, -0.2) is 14.5 Å². The highest BCUT2D eigenvalue weighted by Gasteiger charge is 2.32. The number of nitrogens with zero attached hydrogens (tertiary/aromatic N) is 6. The van der Waals surface area contributed by atoms with E-state index in [1.165, 1.54) is 11.3 Å². The van der Waals surface area contributed by atoms with Gasteiger partial charge in [-0.2, -0.15) is 0 Å². The second kappa shape index (κ2) is 4.82. The van der Waals surface area contributed by atoms with Crippen LogP contribution in [0.15, 0.2) is 0 Å². The molecule has 2 aromatic rings. The summed E-state index contributed by atoms with van der Waals surface area (Å²) in [6, 6.07) is 0.0523. The maximum atomic E-state index is 11.1. The molecule has 0 saturated carbocycles. The van der Waals surface area contributed by atoms with E-state index in [1.807, 2.05) is 0 Å². The fraction of sp³-hybridized carbons (Fsp3) is 0.545. The Morgan fingerprint density at radius 1 is 1.50 bits per heavy atom. The number of hydrogen-bond donors (Lipinski definition) is 1. The molecule has 1 aliphatic heterocycles. The Kier molecular flexibility index (Phi) is 3.13. The molecule has 0 amide bonds. The van der Waals surface area contributed by atoms with Crippen LogP contribution in [0, 0.1) is 6.92 Å². The molecule has 2 aromatic heterocycles. The highest BCUT2D eigenvalue weighted by molar-refractivity contribution is 7.12. The highest BCUT2D eigenvalue weighted by atomic mass is 32.1. The molecular weight excluding hydrogens is 280 g/mol. The van der Waals surface area contributed by atoms with Crippen LogP contribution in [0.1, 0.15) is 39.3 Å². The number of carboxylic acids is 1. The maximum Gasteiger partial charge on any atom is 0.355 e. The molecule has 3 rings (SSSR count). The van der Waals surface area contributed by atoms with Crippen molar-refractivity contribution in [2.45, 2.75) is 25.8 Å². The van der Waals surface area contributed by atoms with Gasteiger partial charge >= 0.3 is 5.97 Å². The maximum absolute atomic E-state index is 11.1. The van der Waals surface area contributed by atoms with Gasteiger partial charge in [0.15, 0.2) is 5.69 Å². The molecule has 3 heterocycles. The van der Waals surface area contributed by atoms with Gasteiger partial charge < -0.3 is 10.0 Å². The summed E-state index contributed by atoms with van der Waals surface area (Å²) in [5, 5.41) is 21.5. The van der Waals surface area contributed by atoms with Gasteiger partial charge in [0.05, 0.1) is 6.04 Å². The topological polar surface area (TPSA) is 97.0 Å². The number of rotatable bonds is 3. The van der Waals surface area contributed by atoms with Crippen LogP contribution in [-0.4, -0.2) is 42.8 Å². The van der Waals surface area contributed by atoms with E-state index in [2.05, 4.69) is 25.4 Å². The zero-order valence-corrected chi connectivity index (χ0v) is 12.0. The smallest absolute Gasteiger partial charge is 0.355 e. The normalized spacial score (nSPS) is 18.7. The average molecular weight is 294 g/mol. The van der Waals surface area contributed by atoms with E-state index in [4.69, 9.17) is 5.11 Å². The van der Waals surface area contributed by atoms with Gasteiger partial charge in [-0.1, -0.05) is 5.10 Å². The molecule has 20 heavy (non-hydrogen) atoms. The molecule has 0 spiro atoms. The zero-order chi connectivity index (χ0) is 14.3. The first-order chi connectivity index (χ1) is 9.58. The van der Waals surface area contributed by atoms with E-state index in [-0.39, 0.29) is 11.7 Å². The zero-order valence-electron chi connectivity index (χ0n) is 11.1. The Balaban J connectivity index is 1.95. The van der Waals surface area contributed by atoms with E-state index < -0.39 is 5.97 Å². The summed E-state index contributed by atoms with van der Waals surface area (Å²) in [4.78, 5) is 18.2. The number of carbonyl (C=O) groups is 1. The minimum atomic E-state index is -0.977. The van der Waals surface area contributed by atoms with Crippen LogP contribution in [0.2, 0.25) is 0 Å². The van der Waals surface area contributed by atoms with Crippen LogP contribution >= 0.6 is 11.3 Å². The monoisotopic (exact) mass is 294 g/mol. The largest absolute Gasteiger partial charge is 0.476 e. The Labute approximate surface area is 119 Å². The first-order valence-corrected chi connectivity index (χ1v) is 7.09. The van der Waals surface area contributed by atoms with Crippen LogP contribution in [0.3, 0.4) is 0 Å². The summed E-state index contributed by atoms with van der Waals surface area (Å²) in [5.41, 5.74) is 0.146. The van der Waals surface area contributed by atoms with Gasteiger partial charge in [0, 0.05) is 18.5 Å². The lowest BCUT2D eigenvalue weighted by Crippen LogP contribution is -2.25. The Morgan fingerprint density at radius 3 is 2.90 bits per heavy atom. The van der Waals surface area contributed by atoms with Crippen LogP contribution < -0.4 is 4.90 Å². The van der Waals surface area contributed by atoms with Gasteiger partial charge in [-0.15, -0.1) is 11.3 Å². The van der Waals surface area contributed by atoms with Crippen LogP contribution in [0.25, 0.3) is 0 Å². The molecule has 0 bridgehead atoms. The Bertz CT molecular complexity index is 651. The second-order valence-corrected chi connectivity index (χ2v) is 5.95. The molecule has 9 heteroatoms. The van der Waals surface area contributed by atoms with Crippen molar-refractivity contribution >= 4 is 23.3 Å². The van der Waals surface area contributed by atoms with E-state index in [0.29, 0.717) is 5.95 Å². The quantitative estimate of drug-likeness (QED) is 0.902. The molecule has 8 nitrogen and oxygen atoms in total. The number of hydrogen-bond acceptors (Lipinski definition) is 7. The molecule has 0 radical (unpaired) electrons. The third-order valence-electron chi connectivity index (χ3n) is 3.41. The first-order valence-electron chi connectivity index (χ1n) is 6.27. The van der Waals surface area contributed by atoms with E-state index in [1.54, 1.807) is 18.7 Å². The van der Waals surface area contributed by atoms with Crippen molar-refractivity contribution in [3.63, 3.8) is 0 Å². The van der Waals surface area contributed by atoms with Crippen molar-refractivity contribution < 1.29 is 9.90 Å². The van der Waals surface area contributed by atoms with Crippen molar-refractivity contribution in [3.8, 4) is 0 Å². The molecule has 0 aliphatic carbocycles. The number of aromatic carboxylic acids is 1. The average Bonchev–Trinajstić information content (AvgIpc) is 3.06. The summed E-state index contributed by atoms with van der Waals surface area (Å²) in [7, 11) is 1.79. The Hall–Kier alpha value is -2.03. The number of aromatic nitrogens is 5. The van der Waals surface area contributed by atoms with E-state index >= 15 is 0 Å². The number of tetrazole rings is 1. The fourth-order valence-electron chi connectivity index (χ4n) is 2.49. The molecule has 1 atom stereocenters.